The maximum Gasteiger partial charge on any atom is 0.134 e. The second kappa shape index (κ2) is 6.19. The van der Waals surface area contributed by atoms with Gasteiger partial charge in [-0.2, -0.15) is 11.3 Å². The van der Waals surface area contributed by atoms with Crippen LogP contribution in [0.5, 0.6) is 5.75 Å². The van der Waals surface area contributed by atoms with Crippen LogP contribution < -0.4 is 10.5 Å². The Bertz CT molecular complexity index is 470. The van der Waals surface area contributed by atoms with Gasteiger partial charge in [0, 0.05) is 0 Å². The second-order valence-corrected chi connectivity index (χ2v) is 5.36. The van der Waals surface area contributed by atoms with Crippen molar-refractivity contribution in [1.82, 2.24) is 0 Å². The zero-order chi connectivity index (χ0) is 12.1. The smallest absolute Gasteiger partial charge is 0.134 e. The van der Waals surface area contributed by atoms with Gasteiger partial charge in [-0.3, -0.25) is 0 Å². The molecule has 0 fully saturated rings. The quantitative estimate of drug-likeness (QED) is 0.916. The number of thiophene rings is 1. The van der Waals surface area contributed by atoms with Crippen LogP contribution >= 0.6 is 27.3 Å². The Hall–Kier alpha value is -0.840. The summed E-state index contributed by atoms with van der Waals surface area (Å²) < 4.78 is 6.73. The molecule has 1 aromatic heterocycles. The summed E-state index contributed by atoms with van der Waals surface area (Å²) in [5.41, 5.74) is 7.95. The average Bonchev–Trinajstić information content (AvgIpc) is 2.81. The van der Waals surface area contributed by atoms with Crippen LogP contribution in [0.4, 0.5) is 0 Å². The van der Waals surface area contributed by atoms with Crippen molar-refractivity contribution < 1.29 is 4.74 Å². The minimum atomic E-state index is 0.609. The number of nitrogens with two attached hydrogens (primary N) is 1. The molecule has 0 radical (unpaired) electrons. The van der Waals surface area contributed by atoms with Gasteiger partial charge in [0.05, 0.1) is 4.47 Å². The lowest BCUT2D eigenvalue weighted by molar-refractivity contribution is 0.304. The van der Waals surface area contributed by atoms with Crippen LogP contribution in [-0.4, -0.2) is 6.54 Å². The maximum atomic E-state index is 5.74. The van der Waals surface area contributed by atoms with E-state index in [1.807, 2.05) is 6.07 Å². The van der Waals surface area contributed by atoms with Crippen molar-refractivity contribution in [3.8, 4) is 5.75 Å². The highest BCUT2D eigenvalue weighted by Gasteiger charge is 2.03. The van der Waals surface area contributed by atoms with Gasteiger partial charge in [-0.15, -0.1) is 0 Å². The highest BCUT2D eigenvalue weighted by atomic mass is 79.9. The summed E-state index contributed by atoms with van der Waals surface area (Å²) in [5, 5.41) is 4.15. The van der Waals surface area contributed by atoms with Crippen molar-refractivity contribution in [2.45, 2.75) is 13.0 Å². The Kier molecular flexibility index (Phi) is 4.59. The molecule has 0 unspecified atom stereocenters. The summed E-state index contributed by atoms with van der Waals surface area (Å²) in [7, 11) is 0. The largest absolute Gasteiger partial charge is 0.488 e. The van der Waals surface area contributed by atoms with Gasteiger partial charge in [0.25, 0.3) is 0 Å². The molecule has 0 saturated carbocycles. The molecule has 17 heavy (non-hydrogen) atoms. The molecule has 4 heteroatoms. The van der Waals surface area contributed by atoms with Crippen LogP contribution in [0.2, 0.25) is 0 Å². The fourth-order valence-electron chi connectivity index (χ4n) is 1.52. The van der Waals surface area contributed by atoms with Gasteiger partial charge >= 0.3 is 0 Å². The Labute approximate surface area is 114 Å². The number of ether oxygens (including phenoxy) is 1. The first-order valence-electron chi connectivity index (χ1n) is 5.42. The van der Waals surface area contributed by atoms with Crippen molar-refractivity contribution in [3.05, 3.63) is 50.6 Å². The van der Waals surface area contributed by atoms with E-state index in [4.69, 9.17) is 10.5 Å². The van der Waals surface area contributed by atoms with Gasteiger partial charge < -0.3 is 10.5 Å². The monoisotopic (exact) mass is 311 g/mol. The van der Waals surface area contributed by atoms with Gasteiger partial charge in [0.15, 0.2) is 0 Å². The highest BCUT2D eigenvalue weighted by molar-refractivity contribution is 9.10. The molecule has 0 amide bonds. The fourth-order valence-corrected chi connectivity index (χ4v) is 2.71. The molecule has 0 aliphatic carbocycles. The highest BCUT2D eigenvalue weighted by Crippen LogP contribution is 2.27. The van der Waals surface area contributed by atoms with Crippen LogP contribution in [0.3, 0.4) is 0 Å². The van der Waals surface area contributed by atoms with Crippen molar-refractivity contribution in [2.24, 2.45) is 5.73 Å². The minimum Gasteiger partial charge on any atom is -0.488 e. The van der Waals surface area contributed by atoms with Gasteiger partial charge in [0.2, 0.25) is 0 Å². The van der Waals surface area contributed by atoms with Gasteiger partial charge in [-0.25, -0.2) is 0 Å². The summed E-state index contributed by atoms with van der Waals surface area (Å²) in [6.45, 7) is 1.28. The van der Waals surface area contributed by atoms with E-state index in [9.17, 15) is 0 Å². The molecule has 2 aromatic rings. The molecule has 1 aromatic carbocycles. The maximum absolute atomic E-state index is 5.74. The van der Waals surface area contributed by atoms with E-state index in [1.165, 1.54) is 11.1 Å². The lowest BCUT2D eigenvalue weighted by Gasteiger charge is -2.08. The lowest BCUT2D eigenvalue weighted by atomic mass is 10.1. The third kappa shape index (κ3) is 3.56. The Morgan fingerprint density at radius 2 is 2.12 bits per heavy atom. The van der Waals surface area contributed by atoms with Crippen molar-refractivity contribution in [3.63, 3.8) is 0 Å². The first-order chi connectivity index (χ1) is 8.29. The van der Waals surface area contributed by atoms with E-state index in [0.29, 0.717) is 13.2 Å². The van der Waals surface area contributed by atoms with Crippen LogP contribution in [0.15, 0.2) is 39.5 Å². The minimum absolute atomic E-state index is 0.609. The molecule has 0 bridgehead atoms. The summed E-state index contributed by atoms with van der Waals surface area (Å²) in [5.74, 6) is 0.872. The van der Waals surface area contributed by atoms with E-state index in [2.05, 4.69) is 44.9 Å². The van der Waals surface area contributed by atoms with Crippen LogP contribution in [-0.2, 0) is 13.0 Å². The summed E-state index contributed by atoms with van der Waals surface area (Å²) >= 11 is 5.20. The number of benzene rings is 1. The Balaban J connectivity index is 2.01. The second-order valence-electron chi connectivity index (χ2n) is 3.72. The third-order valence-corrected chi connectivity index (χ3v) is 3.76. The van der Waals surface area contributed by atoms with Crippen molar-refractivity contribution >= 4 is 27.3 Å². The van der Waals surface area contributed by atoms with E-state index in [1.54, 1.807) is 11.3 Å². The van der Waals surface area contributed by atoms with Crippen molar-refractivity contribution in [1.29, 1.82) is 0 Å². The lowest BCUT2D eigenvalue weighted by Crippen LogP contribution is -2.03. The Morgan fingerprint density at radius 1 is 1.24 bits per heavy atom. The number of hydrogen-bond donors (Lipinski definition) is 1. The summed E-state index contributed by atoms with van der Waals surface area (Å²) in [6, 6.07) is 8.18. The molecule has 0 saturated heterocycles. The number of hydrogen-bond acceptors (Lipinski definition) is 3. The normalized spacial score (nSPS) is 10.5. The van der Waals surface area contributed by atoms with Gasteiger partial charge in [-0.1, -0.05) is 6.07 Å². The first kappa shape index (κ1) is 12.6. The van der Waals surface area contributed by atoms with E-state index in [-0.39, 0.29) is 0 Å². The zero-order valence-corrected chi connectivity index (χ0v) is 11.8. The summed E-state index contributed by atoms with van der Waals surface area (Å²) in [6.07, 6.45) is 0.892. The SMILES string of the molecule is NCCc1ccc(OCc2ccsc2)c(Br)c1. The third-order valence-electron chi connectivity index (χ3n) is 2.40. The van der Waals surface area contributed by atoms with Gasteiger partial charge in [-0.05, 0) is 69.0 Å². The van der Waals surface area contributed by atoms with Crippen molar-refractivity contribution in [2.75, 3.05) is 6.54 Å². The zero-order valence-electron chi connectivity index (χ0n) is 9.36. The number of rotatable bonds is 5. The van der Waals surface area contributed by atoms with E-state index < -0.39 is 0 Å². The molecule has 2 nitrogen and oxygen atoms in total. The van der Waals surface area contributed by atoms with E-state index in [0.717, 1.165) is 16.6 Å². The van der Waals surface area contributed by atoms with Gasteiger partial charge in [0.1, 0.15) is 12.4 Å². The first-order valence-corrected chi connectivity index (χ1v) is 7.15. The van der Waals surface area contributed by atoms with E-state index >= 15 is 0 Å². The van der Waals surface area contributed by atoms with Crippen LogP contribution in [0.1, 0.15) is 11.1 Å². The standard InChI is InChI=1S/C13H14BrNOS/c14-12-7-10(3-5-15)1-2-13(12)16-8-11-4-6-17-9-11/h1-2,4,6-7,9H,3,5,8,15H2. The predicted octanol–water partition coefficient (Wildman–Crippen LogP) is 3.59. The molecular formula is C13H14BrNOS. The molecule has 2 rings (SSSR count). The molecule has 1 heterocycles. The molecule has 0 aliphatic heterocycles. The van der Waals surface area contributed by atoms with Crippen LogP contribution in [0.25, 0.3) is 0 Å². The molecule has 0 aliphatic rings. The fraction of sp³-hybridized carbons (Fsp3) is 0.231. The summed E-state index contributed by atoms with van der Waals surface area (Å²) in [4.78, 5) is 0. The molecular weight excluding hydrogens is 298 g/mol. The molecule has 90 valence electrons. The van der Waals surface area contributed by atoms with Crippen LogP contribution in [0, 0.1) is 0 Å². The number of halogens is 1. The molecule has 0 atom stereocenters. The molecule has 0 spiro atoms. The predicted molar refractivity (Wildman–Crippen MR) is 75.6 cm³/mol. The average molecular weight is 312 g/mol. The Morgan fingerprint density at radius 3 is 2.76 bits per heavy atom. The topological polar surface area (TPSA) is 35.2 Å². The molecule has 2 N–H and O–H groups in total.